The summed E-state index contributed by atoms with van der Waals surface area (Å²) in [5.74, 6) is 1.39. The van der Waals surface area contributed by atoms with Gasteiger partial charge in [-0.3, -0.25) is 4.79 Å². The zero-order valence-electron chi connectivity index (χ0n) is 16.9. The summed E-state index contributed by atoms with van der Waals surface area (Å²) in [5, 5.41) is 3.68. The minimum Gasteiger partial charge on any atom is -0.486 e. The van der Waals surface area contributed by atoms with E-state index in [4.69, 9.17) is 18.6 Å². The Morgan fingerprint density at radius 2 is 1.90 bits per heavy atom. The number of hydrogen-bond acceptors (Lipinski definition) is 6. The van der Waals surface area contributed by atoms with Gasteiger partial charge in [-0.1, -0.05) is 13.3 Å². The first-order valence-corrected chi connectivity index (χ1v) is 9.97. The standard InChI is InChI=1S/C23H23NO6/c1-3-4-15-11-22(25)30-20-13-17(6-7-18(15)20)29-14(2)23(26)24-16-5-8-19-21(12-16)28-10-9-27-19/h5-8,11-14H,3-4,9-10H2,1-2H3,(H,24,26). The average Bonchev–Trinajstić information content (AvgIpc) is 2.73. The number of rotatable bonds is 6. The zero-order valence-corrected chi connectivity index (χ0v) is 16.9. The minimum atomic E-state index is -0.763. The van der Waals surface area contributed by atoms with Gasteiger partial charge in [0.15, 0.2) is 17.6 Å². The van der Waals surface area contributed by atoms with Crippen LogP contribution in [0.1, 0.15) is 25.8 Å². The molecule has 7 nitrogen and oxygen atoms in total. The van der Waals surface area contributed by atoms with Crippen LogP contribution in [0.15, 0.2) is 51.7 Å². The van der Waals surface area contributed by atoms with Gasteiger partial charge in [-0.05, 0) is 43.2 Å². The number of fused-ring (bicyclic) bond motifs is 2. The van der Waals surface area contributed by atoms with Gasteiger partial charge >= 0.3 is 5.63 Å². The highest BCUT2D eigenvalue weighted by atomic mass is 16.6. The van der Waals surface area contributed by atoms with Gasteiger partial charge < -0.3 is 23.9 Å². The quantitative estimate of drug-likeness (QED) is 0.621. The maximum absolute atomic E-state index is 12.6. The first-order chi connectivity index (χ1) is 14.5. The van der Waals surface area contributed by atoms with Crippen LogP contribution in [0.5, 0.6) is 17.2 Å². The first kappa shape index (κ1) is 19.8. The Labute approximate surface area is 173 Å². The fraction of sp³-hybridized carbons (Fsp3) is 0.304. The van der Waals surface area contributed by atoms with Crippen LogP contribution in [0, 0.1) is 0 Å². The molecule has 1 unspecified atom stereocenters. The van der Waals surface area contributed by atoms with Crippen LogP contribution in [0.3, 0.4) is 0 Å². The van der Waals surface area contributed by atoms with Crippen LogP contribution in [0.4, 0.5) is 5.69 Å². The van der Waals surface area contributed by atoms with Crippen LogP contribution in [-0.4, -0.2) is 25.2 Å². The van der Waals surface area contributed by atoms with E-state index < -0.39 is 11.7 Å². The summed E-state index contributed by atoms with van der Waals surface area (Å²) in [7, 11) is 0. The third-order valence-corrected chi connectivity index (χ3v) is 4.81. The van der Waals surface area contributed by atoms with Crippen molar-refractivity contribution in [1.29, 1.82) is 0 Å². The molecule has 1 aliphatic heterocycles. The molecule has 30 heavy (non-hydrogen) atoms. The molecular weight excluding hydrogens is 386 g/mol. The molecular formula is C23H23NO6. The molecule has 3 aromatic rings. The van der Waals surface area contributed by atoms with Crippen LogP contribution in [0.25, 0.3) is 11.0 Å². The molecule has 0 aliphatic carbocycles. The number of carbonyl (C=O) groups excluding carboxylic acids is 1. The predicted octanol–water partition coefficient (Wildman–Crippen LogP) is 3.92. The van der Waals surface area contributed by atoms with Crippen LogP contribution < -0.4 is 25.2 Å². The largest absolute Gasteiger partial charge is 0.486 e. The third kappa shape index (κ3) is 4.25. The van der Waals surface area contributed by atoms with Crippen molar-refractivity contribution < 1.29 is 23.4 Å². The number of benzene rings is 2. The molecule has 1 N–H and O–H groups in total. The molecule has 0 saturated heterocycles. The molecule has 0 radical (unpaired) electrons. The van der Waals surface area contributed by atoms with Crippen molar-refractivity contribution in [3.63, 3.8) is 0 Å². The van der Waals surface area contributed by atoms with Gasteiger partial charge in [0.2, 0.25) is 0 Å². The van der Waals surface area contributed by atoms with E-state index >= 15 is 0 Å². The maximum Gasteiger partial charge on any atom is 0.336 e. The topological polar surface area (TPSA) is 87.0 Å². The molecule has 156 valence electrons. The molecule has 1 aliphatic rings. The summed E-state index contributed by atoms with van der Waals surface area (Å²) in [4.78, 5) is 24.4. The Morgan fingerprint density at radius 1 is 1.10 bits per heavy atom. The SMILES string of the molecule is CCCc1cc(=O)oc2cc(OC(C)C(=O)Nc3ccc4c(c3)OCCO4)ccc12. The number of ether oxygens (including phenoxy) is 3. The molecule has 2 aromatic carbocycles. The predicted molar refractivity (Wildman–Crippen MR) is 113 cm³/mol. The van der Waals surface area contributed by atoms with Gasteiger partial charge in [0.1, 0.15) is 24.5 Å². The van der Waals surface area contributed by atoms with E-state index in [0.29, 0.717) is 41.7 Å². The second-order valence-electron chi connectivity index (χ2n) is 7.11. The van der Waals surface area contributed by atoms with Gasteiger partial charge in [-0.25, -0.2) is 4.79 Å². The van der Waals surface area contributed by atoms with Crippen molar-refractivity contribution in [2.75, 3.05) is 18.5 Å². The molecule has 0 saturated carbocycles. The van der Waals surface area contributed by atoms with E-state index in [1.165, 1.54) is 6.07 Å². The number of aryl methyl sites for hydroxylation is 1. The Kier molecular flexibility index (Phi) is 5.61. The highest BCUT2D eigenvalue weighted by Gasteiger charge is 2.18. The first-order valence-electron chi connectivity index (χ1n) is 9.97. The lowest BCUT2D eigenvalue weighted by molar-refractivity contribution is -0.122. The van der Waals surface area contributed by atoms with E-state index in [-0.39, 0.29) is 5.91 Å². The monoisotopic (exact) mass is 409 g/mol. The molecule has 0 spiro atoms. The third-order valence-electron chi connectivity index (χ3n) is 4.81. The van der Waals surface area contributed by atoms with Gasteiger partial charge in [-0.2, -0.15) is 0 Å². The Morgan fingerprint density at radius 3 is 2.70 bits per heavy atom. The van der Waals surface area contributed by atoms with Crippen molar-refractivity contribution in [1.82, 2.24) is 0 Å². The molecule has 1 amide bonds. The lowest BCUT2D eigenvalue weighted by Crippen LogP contribution is -2.30. The molecule has 0 fully saturated rings. The van der Waals surface area contributed by atoms with Crippen molar-refractivity contribution in [2.45, 2.75) is 32.8 Å². The van der Waals surface area contributed by atoms with E-state index in [2.05, 4.69) is 12.2 Å². The van der Waals surface area contributed by atoms with E-state index in [1.54, 1.807) is 37.3 Å². The summed E-state index contributed by atoms with van der Waals surface area (Å²) in [6.45, 7) is 4.69. The lowest BCUT2D eigenvalue weighted by atomic mass is 10.1. The molecule has 4 rings (SSSR count). The van der Waals surface area contributed by atoms with E-state index in [0.717, 1.165) is 23.8 Å². The molecule has 0 bridgehead atoms. The molecule has 1 aromatic heterocycles. The Bertz CT molecular complexity index is 1140. The van der Waals surface area contributed by atoms with Crippen LogP contribution in [0.2, 0.25) is 0 Å². The highest BCUT2D eigenvalue weighted by molar-refractivity contribution is 5.94. The number of hydrogen-bond donors (Lipinski definition) is 1. The van der Waals surface area contributed by atoms with Gasteiger partial charge in [0.05, 0.1) is 0 Å². The second kappa shape index (κ2) is 8.49. The fourth-order valence-electron chi connectivity index (χ4n) is 3.38. The lowest BCUT2D eigenvalue weighted by Gasteiger charge is -2.20. The number of carbonyl (C=O) groups is 1. The second-order valence-corrected chi connectivity index (χ2v) is 7.11. The van der Waals surface area contributed by atoms with E-state index in [1.807, 2.05) is 6.07 Å². The van der Waals surface area contributed by atoms with Gasteiger partial charge in [0.25, 0.3) is 5.91 Å². The minimum absolute atomic E-state index is 0.312. The van der Waals surface area contributed by atoms with Crippen molar-refractivity contribution in [3.8, 4) is 17.2 Å². The molecule has 2 heterocycles. The van der Waals surface area contributed by atoms with Crippen molar-refractivity contribution in [3.05, 3.63) is 58.4 Å². The summed E-state index contributed by atoms with van der Waals surface area (Å²) in [5.41, 5.74) is 1.59. The molecule has 7 heteroatoms. The Balaban J connectivity index is 1.47. The van der Waals surface area contributed by atoms with Gasteiger partial charge in [-0.15, -0.1) is 0 Å². The summed E-state index contributed by atoms with van der Waals surface area (Å²) in [6, 6.07) is 12.0. The van der Waals surface area contributed by atoms with E-state index in [9.17, 15) is 9.59 Å². The number of amides is 1. The summed E-state index contributed by atoms with van der Waals surface area (Å²) < 4.78 is 22.1. The Hall–Kier alpha value is -3.48. The van der Waals surface area contributed by atoms with Crippen molar-refractivity contribution >= 4 is 22.6 Å². The van der Waals surface area contributed by atoms with Crippen molar-refractivity contribution in [2.24, 2.45) is 0 Å². The smallest absolute Gasteiger partial charge is 0.336 e. The summed E-state index contributed by atoms with van der Waals surface area (Å²) in [6.07, 6.45) is 0.950. The van der Waals surface area contributed by atoms with Gasteiger partial charge in [0, 0.05) is 29.3 Å². The number of anilines is 1. The van der Waals surface area contributed by atoms with Crippen LogP contribution in [-0.2, 0) is 11.2 Å². The average molecular weight is 409 g/mol. The number of nitrogens with one attached hydrogen (secondary N) is 1. The normalized spacial score (nSPS) is 13.7. The zero-order chi connectivity index (χ0) is 21.1. The van der Waals surface area contributed by atoms with Crippen LogP contribution >= 0.6 is 0 Å². The summed E-state index contributed by atoms with van der Waals surface area (Å²) >= 11 is 0. The maximum atomic E-state index is 12.6. The molecule has 1 atom stereocenters. The fourth-order valence-corrected chi connectivity index (χ4v) is 3.38. The highest BCUT2D eigenvalue weighted by Crippen LogP contribution is 2.32.